The van der Waals surface area contributed by atoms with Crippen molar-refractivity contribution in [3.8, 4) is 0 Å². The summed E-state index contributed by atoms with van der Waals surface area (Å²) in [5, 5.41) is 69.1. The minimum absolute atomic E-state index is 0.224. The van der Waals surface area contributed by atoms with Gasteiger partial charge in [0.2, 0.25) is 0 Å². The fourth-order valence-electron chi connectivity index (χ4n) is 3.14. The van der Waals surface area contributed by atoms with Crippen molar-refractivity contribution < 1.29 is 54.7 Å². The molecule has 10 atom stereocenters. The highest BCUT2D eigenvalue weighted by molar-refractivity contribution is 4.94. The van der Waals surface area contributed by atoms with Crippen molar-refractivity contribution in [2.24, 2.45) is 5.73 Å². The van der Waals surface area contributed by atoms with Gasteiger partial charge in [0.1, 0.15) is 48.8 Å². The van der Waals surface area contributed by atoms with Gasteiger partial charge in [-0.25, -0.2) is 0 Å². The molecule has 1 unspecified atom stereocenters. The minimum atomic E-state index is -1.70. The Hall–Kier alpha value is -0.480. The number of unbranched alkanes of at least 4 members (excludes halogenated alkanes) is 1. The summed E-state index contributed by atoms with van der Waals surface area (Å²) < 4.78 is 21.5. The van der Waals surface area contributed by atoms with Crippen LogP contribution >= 0.6 is 0 Å². The molecule has 2 fully saturated rings. The smallest absolute Gasteiger partial charge is 0.187 e. The molecule has 0 aromatic rings. The van der Waals surface area contributed by atoms with Gasteiger partial charge in [0.15, 0.2) is 12.6 Å². The van der Waals surface area contributed by atoms with Crippen molar-refractivity contribution in [1.82, 2.24) is 0 Å². The van der Waals surface area contributed by atoms with Crippen molar-refractivity contribution in [2.75, 3.05) is 26.4 Å². The van der Waals surface area contributed by atoms with E-state index in [1.165, 1.54) is 0 Å². The Morgan fingerprint density at radius 1 is 0.714 bits per heavy atom. The highest BCUT2D eigenvalue weighted by Crippen LogP contribution is 2.29. The normalized spacial score (nSPS) is 44.6. The largest absolute Gasteiger partial charge is 0.394 e. The molecule has 2 rings (SSSR count). The van der Waals surface area contributed by atoms with Gasteiger partial charge in [-0.15, -0.1) is 0 Å². The lowest BCUT2D eigenvalue weighted by Crippen LogP contribution is -2.64. The quantitative estimate of drug-likeness (QED) is 0.168. The highest BCUT2D eigenvalue weighted by atomic mass is 16.7. The number of rotatable bonds is 9. The Kier molecular flexibility index (Phi) is 9.40. The van der Waals surface area contributed by atoms with Crippen LogP contribution in [-0.4, -0.2) is 124 Å². The molecule has 0 aromatic carbocycles. The molecule has 2 aliphatic rings. The molecule has 0 bridgehead atoms. The van der Waals surface area contributed by atoms with Crippen LogP contribution in [0.3, 0.4) is 0 Å². The van der Waals surface area contributed by atoms with Crippen LogP contribution in [0, 0.1) is 0 Å². The molecule has 12 nitrogen and oxygen atoms in total. The van der Waals surface area contributed by atoms with Crippen LogP contribution in [0.2, 0.25) is 0 Å². The maximum absolute atomic E-state index is 10.4. The summed E-state index contributed by atoms with van der Waals surface area (Å²) in [5.41, 5.74) is 5.39. The maximum Gasteiger partial charge on any atom is 0.187 e. The third kappa shape index (κ3) is 5.36. The SMILES string of the molecule is NCCCCOC1O[C@H](CO)[C@@H](O[C@@H]2O[C@H](CO)[C@H](O)[C@H](O)[C@H]2O)[C@H](O)[C@H]1O. The summed E-state index contributed by atoms with van der Waals surface area (Å²) in [7, 11) is 0. The zero-order valence-corrected chi connectivity index (χ0v) is 15.4. The first-order valence-electron chi connectivity index (χ1n) is 9.25. The average Bonchev–Trinajstić information content (AvgIpc) is 2.70. The fraction of sp³-hybridized carbons (Fsp3) is 1.00. The van der Waals surface area contributed by atoms with Crippen molar-refractivity contribution >= 4 is 0 Å². The van der Waals surface area contributed by atoms with Gasteiger partial charge in [-0.05, 0) is 19.4 Å². The molecule has 28 heavy (non-hydrogen) atoms. The Bertz CT molecular complexity index is 454. The second-order valence-corrected chi connectivity index (χ2v) is 6.87. The number of ether oxygens (including phenoxy) is 4. The van der Waals surface area contributed by atoms with Gasteiger partial charge >= 0.3 is 0 Å². The molecule has 2 heterocycles. The molecule has 12 heteroatoms. The van der Waals surface area contributed by atoms with Crippen LogP contribution in [-0.2, 0) is 18.9 Å². The monoisotopic (exact) mass is 413 g/mol. The van der Waals surface area contributed by atoms with E-state index in [2.05, 4.69) is 0 Å². The van der Waals surface area contributed by atoms with Gasteiger partial charge in [-0.2, -0.15) is 0 Å². The fourth-order valence-corrected chi connectivity index (χ4v) is 3.14. The van der Waals surface area contributed by atoms with Crippen LogP contribution in [0.1, 0.15) is 12.8 Å². The van der Waals surface area contributed by atoms with Gasteiger partial charge in [0.05, 0.1) is 13.2 Å². The van der Waals surface area contributed by atoms with Gasteiger partial charge in [-0.1, -0.05) is 0 Å². The van der Waals surface area contributed by atoms with E-state index in [1.807, 2.05) is 0 Å². The van der Waals surface area contributed by atoms with E-state index >= 15 is 0 Å². The van der Waals surface area contributed by atoms with E-state index in [0.717, 1.165) is 0 Å². The Labute approximate surface area is 162 Å². The lowest BCUT2D eigenvalue weighted by molar-refractivity contribution is -0.359. The van der Waals surface area contributed by atoms with Gasteiger partial charge in [0.25, 0.3) is 0 Å². The number of nitrogens with two attached hydrogens (primary N) is 1. The second-order valence-electron chi connectivity index (χ2n) is 6.87. The molecule has 2 aliphatic heterocycles. The molecule has 0 spiro atoms. The Morgan fingerprint density at radius 2 is 1.32 bits per heavy atom. The summed E-state index contributed by atoms with van der Waals surface area (Å²) in [6, 6.07) is 0. The molecule has 166 valence electrons. The molecule has 9 N–H and O–H groups in total. The van der Waals surface area contributed by atoms with E-state index in [1.54, 1.807) is 0 Å². The van der Waals surface area contributed by atoms with E-state index < -0.39 is 74.6 Å². The summed E-state index contributed by atoms with van der Waals surface area (Å²) in [4.78, 5) is 0. The highest BCUT2D eigenvalue weighted by Gasteiger charge is 2.50. The van der Waals surface area contributed by atoms with Gasteiger partial charge in [-0.3, -0.25) is 0 Å². The third-order valence-electron chi connectivity index (χ3n) is 4.84. The third-order valence-corrected chi connectivity index (χ3v) is 4.84. The molecule has 0 aromatic heterocycles. The van der Waals surface area contributed by atoms with Crippen LogP contribution in [0.25, 0.3) is 0 Å². The van der Waals surface area contributed by atoms with Crippen LogP contribution in [0.15, 0.2) is 0 Å². The topological polar surface area (TPSA) is 205 Å². The second kappa shape index (κ2) is 11.1. The summed E-state index contributed by atoms with van der Waals surface area (Å²) in [6.45, 7) is -0.551. The molecule has 0 saturated carbocycles. The maximum atomic E-state index is 10.4. The Balaban J connectivity index is 2.02. The lowest BCUT2D eigenvalue weighted by Gasteiger charge is -2.45. The number of aliphatic hydroxyl groups is 7. The van der Waals surface area contributed by atoms with Crippen molar-refractivity contribution in [2.45, 2.75) is 74.3 Å². The van der Waals surface area contributed by atoms with Gasteiger partial charge in [0, 0.05) is 6.61 Å². The first kappa shape index (κ1) is 23.8. The Morgan fingerprint density at radius 3 is 1.93 bits per heavy atom. The van der Waals surface area contributed by atoms with Crippen LogP contribution in [0.4, 0.5) is 0 Å². The van der Waals surface area contributed by atoms with E-state index in [9.17, 15) is 35.7 Å². The summed E-state index contributed by atoms with van der Waals surface area (Å²) in [5.74, 6) is 0. The van der Waals surface area contributed by atoms with Crippen LogP contribution < -0.4 is 5.73 Å². The predicted molar refractivity (Wildman–Crippen MR) is 90.6 cm³/mol. The van der Waals surface area contributed by atoms with Crippen molar-refractivity contribution in [3.05, 3.63) is 0 Å². The van der Waals surface area contributed by atoms with E-state index in [4.69, 9.17) is 24.7 Å². The van der Waals surface area contributed by atoms with Crippen molar-refractivity contribution in [3.63, 3.8) is 0 Å². The number of hydrogen-bond acceptors (Lipinski definition) is 12. The number of aliphatic hydroxyl groups excluding tert-OH is 7. The van der Waals surface area contributed by atoms with Crippen LogP contribution in [0.5, 0.6) is 0 Å². The average molecular weight is 413 g/mol. The summed E-state index contributed by atoms with van der Waals surface area (Å²) in [6.07, 6.45) is -13.2. The summed E-state index contributed by atoms with van der Waals surface area (Å²) >= 11 is 0. The molecular formula is C16H31NO11. The standard InChI is InChI=1S/C16H31NO11/c17-3-1-2-4-25-15-13(24)11(22)14(8(6-19)27-15)28-16-12(23)10(21)9(20)7(5-18)26-16/h7-16,18-24H,1-6,17H2/t7-,8-,9+,10+,11-,12-,13-,14-,15?,16+/m1/s1. The zero-order valence-electron chi connectivity index (χ0n) is 15.4. The first-order valence-corrected chi connectivity index (χ1v) is 9.25. The predicted octanol–water partition coefficient (Wildman–Crippen LogP) is -4.63. The minimum Gasteiger partial charge on any atom is -0.394 e. The van der Waals surface area contributed by atoms with Crippen molar-refractivity contribution in [1.29, 1.82) is 0 Å². The lowest BCUT2D eigenvalue weighted by atomic mass is 9.97. The molecule has 0 aliphatic carbocycles. The van der Waals surface area contributed by atoms with E-state index in [-0.39, 0.29) is 6.61 Å². The molecular weight excluding hydrogens is 382 g/mol. The van der Waals surface area contributed by atoms with E-state index in [0.29, 0.717) is 19.4 Å². The molecule has 0 amide bonds. The zero-order chi connectivity index (χ0) is 20.8. The molecule has 2 saturated heterocycles. The number of hydrogen-bond donors (Lipinski definition) is 8. The first-order chi connectivity index (χ1) is 13.3. The van der Waals surface area contributed by atoms with Gasteiger partial charge < -0.3 is 60.4 Å². The molecule has 0 radical (unpaired) electrons.